The zero-order valence-electron chi connectivity index (χ0n) is 12.5. The van der Waals surface area contributed by atoms with Crippen LogP contribution in [0.4, 0.5) is 4.39 Å². The predicted molar refractivity (Wildman–Crippen MR) is 90.1 cm³/mol. The van der Waals surface area contributed by atoms with Crippen molar-refractivity contribution in [1.82, 2.24) is 4.90 Å². The Morgan fingerprint density at radius 1 is 1.13 bits per heavy atom. The number of aromatic hydroxyl groups is 1. The van der Waals surface area contributed by atoms with E-state index in [4.69, 9.17) is 0 Å². The molecule has 3 rings (SSSR count). The Balaban J connectivity index is 1.66. The maximum atomic E-state index is 13.1. The summed E-state index contributed by atoms with van der Waals surface area (Å²) in [5, 5.41) is 9.36. The van der Waals surface area contributed by atoms with Crippen molar-refractivity contribution in [2.75, 3.05) is 13.1 Å². The largest absolute Gasteiger partial charge is 0.508 e. The van der Waals surface area contributed by atoms with E-state index in [-0.39, 0.29) is 17.5 Å². The van der Waals surface area contributed by atoms with Crippen LogP contribution < -0.4 is 0 Å². The number of carbonyl (C=O) groups is 1. The molecule has 1 saturated heterocycles. The van der Waals surface area contributed by atoms with E-state index >= 15 is 0 Å². The van der Waals surface area contributed by atoms with Crippen molar-refractivity contribution in [3.8, 4) is 5.75 Å². The summed E-state index contributed by atoms with van der Waals surface area (Å²) >= 11 is 3.26. The Kier molecular flexibility index (Phi) is 4.66. The molecule has 0 aromatic heterocycles. The molecule has 0 bridgehead atoms. The lowest BCUT2D eigenvalue weighted by molar-refractivity contribution is 0.0712. The predicted octanol–water partition coefficient (Wildman–Crippen LogP) is 4.31. The molecule has 0 radical (unpaired) electrons. The quantitative estimate of drug-likeness (QED) is 0.846. The summed E-state index contributed by atoms with van der Waals surface area (Å²) in [6, 6.07) is 11.4. The minimum Gasteiger partial charge on any atom is -0.508 e. The van der Waals surface area contributed by atoms with E-state index in [1.54, 1.807) is 12.1 Å². The number of nitrogens with zero attached hydrogens (tertiary/aromatic N) is 1. The summed E-state index contributed by atoms with van der Waals surface area (Å²) < 4.78 is 13.6. The fraction of sp³-hybridized carbons (Fsp3) is 0.278. The first kappa shape index (κ1) is 16.0. The molecule has 5 heteroatoms. The van der Waals surface area contributed by atoms with Gasteiger partial charge in [0.05, 0.1) is 5.56 Å². The van der Waals surface area contributed by atoms with E-state index in [1.807, 2.05) is 17.0 Å². The van der Waals surface area contributed by atoms with Crippen LogP contribution in [-0.4, -0.2) is 29.0 Å². The van der Waals surface area contributed by atoms with Gasteiger partial charge in [-0.05, 0) is 70.6 Å². The number of phenolic OH excluding ortho intramolecular Hbond substituents is 1. The van der Waals surface area contributed by atoms with Gasteiger partial charge in [0.25, 0.3) is 5.91 Å². The van der Waals surface area contributed by atoms with E-state index in [0.717, 1.165) is 12.8 Å². The topological polar surface area (TPSA) is 40.5 Å². The summed E-state index contributed by atoms with van der Waals surface area (Å²) in [6.07, 6.45) is 1.77. The number of piperidine rings is 1. The zero-order chi connectivity index (χ0) is 16.4. The Bertz CT molecular complexity index is 709. The third-order valence-corrected chi connectivity index (χ3v) is 4.96. The molecule has 0 saturated carbocycles. The minimum absolute atomic E-state index is 0.0685. The van der Waals surface area contributed by atoms with Gasteiger partial charge in [0.1, 0.15) is 11.6 Å². The number of benzene rings is 2. The van der Waals surface area contributed by atoms with Crippen LogP contribution in [0.25, 0.3) is 0 Å². The average molecular weight is 378 g/mol. The monoisotopic (exact) mass is 377 g/mol. The zero-order valence-corrected chi connectivity index (χ0v) is 14.1. The van der Waals surface area contributed by atoms with Gasteiger partial charge in [-0.2, -0.15) is 0 Å². The number of likely N-dealkylation sites (tertiary alicyclic amines) is 1. The molecule has 1 aliphatic rings. The van der Waals surface area contributed by atoms with E-state index in [0.29, 0.717) is 29.0 Å². The molecule has 2 aromatic rings. The molecule has 0 unspecified atom stereocenters. The summed E-state index contributed by atoms with van der Waals surface area (Å²) in [5.74, 6) is 0.235. The molecule has 0 spiro atoms. The number of rotatable bonds is 2. The fourth-order valence-electron chi connectivity index (χ4n) is 3.00. The maximum absolute atomic E-state index is 13.1. The molecule has 3 nitrogen and oxygen atoms in total. The van der Waals surface area contributed by atoms with Crippen molar-refractivity contribution in [2.24, 2.45) is 0 Å². The van der Waals surface area contributed by atoms with Gasteiger partial charge in [-0.3, -0.25) is 4.79 Å². The van der Waals surface area contributed by atoms with Gasteiger partial charge in [0.15, 0.2) is 0 Å². The number of hydrogen-bond acceptors (Lipinski definition) is 2. The van der Waals surface area contributed by atoms with Crippen molar-refractivity contribution in [2.45, 2.75) is 18.8 Å². The van der Waals surface area contributed by atoms with Crippen LogP contribution in [0, 0.1) is 5.82 Å². The van der Waals surface area contributed by atoms with Gasteiger partial charge in [-0.1, -0.05) is 12.1 Å². The molecule has 1 N–H and O–H groups in total. The van der Waals surface area contributed by atoms with Crippen molar-refractivity contribution in [3.05, 3.63) is 63.9 Å². The van der Waals surface area contributed by atoms with Gasteiger partial charge >= 0.3 is 0 Å². The number of phenols is 1. The molecule has 1 amide bonds. The van der Waals surface area contributed by atoms with Crippen LogP contribution in [0.5, 0.6) is 5.75 Å². The molecule has 2 aromatic carbocycles. The highest BCUT2D eigenvalue weighted by Crippen LogP contribution is 2.30. The van der Waals surface area contributed by atoms with E-state index < -0.39 is 0 Å². The Morgan fingerprint density at radius 3 is 2.39 bits per heavy atom. The molecule has 1 heterocycles. The molecular weight excluding hydrogens is 361 g/mol. The molecule has 23 heavy (non-hydrogen) atoms. The van der Waals surface area contributed by atoms with Gasteiger partial charge in [0.2, 0.25) is 0 Å². The first-order valence-electron chi connectivity index (χ1n) is 7.58. The van der Waals surface area contributed by atoms with Crippen LogP contribution in [0.1, 0.15) is 34.7 Å². The summed E-state index contributed by atoms with van der Waals surface area (Å²) in [5.41, 5.74) is 1.69. The number of amides is 1. The number of carbonyl (C=O) groups excluding carboxylic acids is 1. The fourth-order valence-corrected chi connectivity index (χ4v) is 3.52. The van der Waals surface area contributed by atoms with Gasteiger partial charge < -0.3 is 10.0 Å². The third-order valence-electron chi connectivity index (χ3n) is 4.31. The highest BCUT2D eigenvalue weighted by Gasteiger charge is 2.25. The Morgan fingerprint density at radius 2 is 1.78 bits per heavy atom. The lowest BCUT2D eigenvalue weighted by Gasteiger charge is -2.32. The highest BCUT2D eigenvalue weighted by atomic mass is 79.9. The standard InChI is InChI=1S/C18H17BrFNO2/c19-17-11-14(20)3-6-16(17)18(23)21-9-7-13(8-10-21)12-1-4-15(22)5-2-12/h1-6,11,13,22H,7-10H2. The molecule has 1 fully saturated rings. The second-order valence-electron chi connectivity index (χ2n) is 5.78. The van der Waals surface area contributed by atoms with Crippen molar-refractivity contribution < 1.29 is 14.3 Å². The second kappa shape index (κ2) is 6.71. The van der Waals surface area contributed by atoms with Gasteiger partial charge in [0, 0.05) is 17.6 Å². The van der Waals surface area contributed by atoms with Crippen LogP contribution in [0.2, 0.25) is 0 Å². The smallest absolute Gasteiger partial charge is 0.255 e. The van der Waals surface area contributed by atoms with Crippen molar-refractivity contribution in [1.29, 1.82) is 0 Å². The molecular formula is C18H17BrFNO2. The lowest BCUT2D eigenvalue weighted by atomic mass is 9.89. The average Bonchev–Trinajstić information content (AvgIpc) is 2.55. The van der Waals surface area contributed by atoms with Crippen molar-refractivity contribution in [3.63, 3.8) is 0 Å². The molecule has 0 aliphatic carbocycles. The summed E-state index contributed by atoms with van der Waals surface area (Å²) in [7, 11) is 0. The third kappa shape index (κ3) is 3.55. The SMILES string of the molecule is O=C(c1ccc(F)cc1Br)N1CCC(c2ccc(O)cc2)CC1. The Labute approximate surface area is 142 Å². The first-order chi connectivity index (χ1) is 11.0. The number of hydrogen-bond donors (Lipinski definition) is 1. The second-order valence-corrected chi connectivity index (χ2v) is 6.64. The highest BCUT2D eigenvalue weighted by molar-refractivity contribution is 9.10. The molecule has 0 atom stereocenters. The van der Waals surface area contributed by atoms with E-state index in [9.17, 15) is 14.3 Å². The molecule has 120 valence electrons. The van der Waals surface area contributed by atoms with Gasteiger partial charge in [-0.25, -0.2) is 4.39 Å². The van der Waals surface area contributed by atoms with Crippen molar-refractivity contribution >= 4 is 21.8 Å². The van der Waals surface area contributed by atoms with Crippen LogP contribution in [-0.2, 0) is 0 Å². The van der Waals surface area contributed by atoms with E-state index in [1.165, 1.54) is 23.8 Å². The summed E-state index contributed by atoms with van der Waals surface area (Å²) in [4.78, 5) is 14.4. The normalized spacial score (nSPS) is 15.7. The van der Waals surface area contributed by atoms with Crippen LogP contribution in [0.15, 0.2) is 46.9 Å². The number of halogens is 2. The van der Waals surface area contributed by atoms with Crippen LogP contribution >= 0.6 is 15.9 Å². The molecule has 1 aliphatic heterocycles. The van der Waals surface area contributed by atoms with Crippen LogP contribution in [0.3, 0.4) is 0 Å². The summed E-state index contributed by atoms with van der Waals surface area (Å²) in [6.45, 7) is 1.35. The lowest BCUT2D eigenvalue weighted by Crippen LogP contribution is -2.38. The minimum atomic E-state index is -0.362. The maximum Gasteiger partial charge on any atom is 0.255 e. The van der Waals surface area contributed by atoms with Gasteiger partial charge in [-0.15, -0.1) is 0 Å². The Hall–Kier alpha value is -1.88. The van der Waals surface area contributed by atoms with E-state index in [2.05, 4.69) is 15.9 Å². The first-order valence-corrected chi connectivity index (χ1v) is 8.37.